The summed E-state index contributed by atoms with van der Waals surface area (Å²) in [5.41, 5.74) is 0. The van der Waals surface area contributed by atoms with Crippen LogP contribution in [0.2, 0.25) is 0 Å². The van der Waals surface area contributed by atoms with Crippen molar-refractivity contribution >= 4 is 50.1 Å². The lowest BCUT2D eigenvalue weighted by Crippen LogP contribution is -1.81. The van der Waals surface area contributed by atoms with E-state index in [1.807, 2.05) is 0 Å². The van der Waals surface area contributed by atoms with Crippen molar-refractivity contribution in [2.24, 2.45) is 0 Å². The van der Waals surface area contributed by atoms with E-state index < -0.39 is 0 Å². The van der Waals surface area contributed by atoms with Crippen LogP contribution in [0.5, 0.6) is 0 Å². The van der Waals surface area contributed by atoms with Gasteiger partial charge in [0.1, 0.15) is 16.1 Å². The van der Waals surface area contributed by atoms with Gasteiger partial charge in [-0.2, -0.15) is 4.37 Å². The van der Waals surface area contributed by atoms with Crippen molar-refractivity contribution in [3.63, 3.8) is 0 Å². The SMILES string of the molecule is COCC#Cc1snc(Br)c1I. The van der Waals surface area contributed by atoms with E-state index in [2.05, 4.69) is 54.7 Å². The van der Waals surface area contributed by atoms with E-state index in [1.54, 1.807) is 7.11 Å². The van der Waals surface area contributed by atoms with Crippen molar-refractivity contribution in [3.05, 3.63) is 13.1 Å². The Balaban J connectivity index is 2.78. The van der Waals surface area contributed by atoms with E-state index >= 15 is 0 Å². The smallest absolute Gasteiger partial charge is 0.134 e. The number of halogens is 2. The van der Waals surface area contributed by atoms with Crippen LogP contribution in [0.25, 0.3) is 0 Å². The van der Waals surface area contributed by atoms with E-state index in [4.69, 9.17) is 4.74 Å². The van der Waals surface area contributed by atoms with Gasteiger partial charge in [0, 0.05) is 7.11 Å². The first-order chi connectivity index (χ1) is 5.75. The molecule has 1 heterocycles. The zero-order valence-electron chi connectivity index (χ0n) is 6.23. The third-order valence-electron chi connectivity index (χ3n) is 1.02. The molecule has 0 N–H and O–H groups in total. The molecule has 5 heteroatoms. The Hall–Kier alpha value is 0.360. The molecule has 1 aromatic rings. The molecule has 0 aliphatic heterocycles. The minimum atomic E-state index is 0.464. The number of hydrogen-bond acceptors (Lipinski definition) is 3. The van der Waals surface area contributed by atoms with Gasteiger partial charge in [-0.25, -0.2) is 0 Å². The third kappa shape index (κ3) is 2.69. The first-order valence-corrected chi connectivity index (χ1v) is 5.68. The van der Waals surface area contributed by atoms with Crippen molar-refractivity contribution in [2.45, 2.75) is 0 Å². The minimum absolute atomic E-state index is 0.464. The molecule has 0 aromatic carbocycles. The van der Waals surface area contributed by atoms with Crippen molar-refractivity contribution in [3.8, 4) is 11.8 Å². The molecule has 0 atom stereocenters. The number of methoxy groups -OCH3 is 1. The average molecular weight is 358 g/mol. The normalized spacial score (nSPS) is 9.25. The van der Waals surface area contributed by atoms with Gasteiger partial charge in [-0.05, 0) is 50.1 Å². The molecule has 0 amide bonds. The van der Waals surface area contributed by atoms with Gasteiger partial charge in [-0.1, -0.05) is 11.8 Å². The number of ether oxygens (including phenoxy) is 1. The molecule has 0 bridgehead atoms. The molecule has 0 fully saturated rings. The fraction of sp³-hybridized carbons (Fsp3) is 0.286. The fourth-order valence-corrected chi connectivity index (χ4v) is 2.34. The highest BCUT2D eigenvalue weighted by Gasteiger charge is 2.04. The molecule has 0 aliphatic rings. The Kier molecular flexibility index (Phi) is 4.50. The highest BCUT2D eigenvalue weighted by molar-refractivity contribution is 14.1. The van der Waals surface area contributed by atoms with E-state index in [0.29, 0.717) is 6.61 Å². The summed E-state index contributed by atoms with van der Waals surface area (Å²) in [6, 6.07) is 0. The summed E-state index contributed by atoms with van der Waals surface area (Å²) in [4.78, 5) is 0.986. The molecule has 0 radical (unpaired) electrons. The van der Waals surface area contributed by atoms with Gasteiger partial charge in [-0.3, -0.25) is 0 Å². The van der Waals surface area contributed by atoms with E-state index in [0.717, 1.165) is 13.1 Å². The zero-order chi connectivity index (χ0) is 8.97. The van der Waals surface area contributed by atoms with Crippen LogP contribution >= 0.6 is 50.1 Å². The summed E-state index contributed by atoms with van der Waals surface area (Å²) < 4.78 is 10.8. The molecule has 0 aliphatic carbocycles. The number of aromatic nitrogens is 1. The van der Waals surface area contributed by atoms with Gasteiger partial charge >= 0.3 is 0 Å². The molecule has 0 saturated carbocycles. The van der Waals surface area contributed by atoms with Gasteiger partial charge in [0.25, 0.3) is 0 Å². The van der Waals surface area contributed by atoms with Crippen LogP contribution in [0.1, 0.15) is 4.88 Å². The first-order valence-electron chi connectivity index (χ1n) is 3.04. The van der Waals surface area contributed by atoms with E-state index in [9.17, 15) is 0 Å². The average Bonchev–Trinajstić information content (AvgIpc) is 2.36. The van der Waals surface area contributed by atoms with Gasteiger partial charge in [0.2, 0.25) is 0 Å². The molecular weight excluding hydrogens is 353 g/mol. The Morgan fingerprint density at radius 2 is 2.50 bits per heavy atom. The molecule has 12 heavy (non-hydrogen) atoms. The summed E-state index contributed by atoms with van der Waals surface area (Å²) >= 11 is 6.92. The van der Waals surface area contributed by atoms with Crippen LogP contribution in [0, 0.1) is 15.4 Å². The zero-order valence-corrected chi connectivity index (χ0v) is 10.8. The summed E-state index contributed by atoms with van der Waals surface area (Å²) in [7, 11) is 1.63. The quantitative estimate of drug-likeness (QED) is 0.569. The van der Waals surface area contributed by atoms with Gasteiger partial charge < -0.3 is 4.74 Å². The lowest BCUT2D eigenvalue weighted by molar-refractivity contribution is 0.240. The number of nitrogens with zero attached hydrogens (tertiary/aromatic N) is 1. The molecule has 1 aromatic heterocycles. The van der Waals surface area contributed by atoms with E-state index in [1.165, 1.54) is 11.5 Å². The molecular formula is C7H5BrINOS. The lowest BCUT2D eigenvalue weighted by atomic mass is 10.5. The summed E-state index contributed by atoms with van der Waals surface area (Å²) in [6.07, 6.45) is 0. The molecule has 0 spiro atoms. The maximum Gasteiger partial charge on any atom is 0.134 e. The van der Waals surface area contributed by atoms with Crippen LogP contribution in [-0.2, 0) is 4.74 Å². The van der Waals surface area contributed by atoms with Crippen LogP contribution in [-0.4, -0.2) is 18.1 Å². The summed E-state index contributed by atoms with van der Waals surface area (Å²) in [5, 5.41) is 0. The minimum Gasteiger partial charge on any atom is -0.372 e. The standard InChI is InChI=1S/C7H5BrINOS/c1-11-4-2-3-5-6(9)7(8)10-12-5/h4H2,1H3. The fourth-order valence-electron chi connectivity index (χ4n) is 0.526. The Morgan fingerprint density at radius 1 is 1.75 bits per heavy atom. The Bertz CT molecular complexity index is 328. The van der Waals surface area contributed by atoms with Crippen molar-refractivity contribution < 1.29 is 4.74 Å². The second kappa shape index (κ2) is 5.17. The molecule has 0 unspecified atom stereocenters. The first kappa shape index (κ1) is 10.4. The van der Waals surface area contributed by atoms with Crippen LogP contribution in [0.15, 0.2) is 4.60 Å². The predicted molar refractivity (Wildman–Crippen MR) is 61.3 cm³/mol. The molecule has 0 saturated heterocycles. The summed E-state index contributed by atoms with van der Waals surface area (Å²) in [5.74, 6) is 5.86. The maximum absolute atomic E-state index is 4.81. The second-order valence-corrected chi connectivity index (χ2v) is 4.45. The second-order valence-electron chi connectivity index (χ2n) is 1.85. The lowest BCUT2D eigenvalue weighted by Gasteiger charge is -1.83. The third-order valence-corrected chi connectivity index (χ3v) is 4.74. The molecule has 64 valence electrons. The topological polar surface area (TPSA) is 22.1 Å². The molecule has 2 nitrogen and oxygen atoms in total. The Morgan fingerprint density at radius 3 is 3.00 bits per heavy atom. The highest BCUT2D eigenvalue weighted by Crippen LogP contribution is 2.24. The van der Waals surface area contributed by atoms with Crippen molar-refractivity contribution in [2.75, 3.05) is 13.7 Å². The largest absolute Gasteiger partial charge is 0.372 e. The van der Waals surface area contributed by atoms with Gasteiger partial charge in [0.15, 0.2) is 0 Å². The van der Waals surface area contributed by atoms with Crippen LogP contribution < -0.4 is 0 Å². The maximum atomic E-state index is 4.81. The number of rotatable bonds is 1. The molecule has 1 rings (SSSR count). The van der Waals surface area contributed by atoms with Gasteiger partial charge in [0.05, 0.1) is 3.57 Å². The van der Waals surface area contributed by atoms with Crippen molar-refractivity contribution in [1.29, 1.82) is 0 Å². The van der Waals surface area contributed by atoms with Crippen LogP contribution in [0.3, 0.4) is 0 Å². The van der Waals surface area contributed by atoms with E-state index in [-0.39, 0.29) is 0 Å². The van der Waals surface area contributed by atoms with Crippen molar-refractivity contribution in [1.82, 2.24) is 4.37 Å². The highest BCUT2D eigenvalue weighted by atomic mass is 127. The summed E-state index contributed by atoms with van der Waals surface area (Å²) in [6.45, 7) is 0.464. The number of hydrogen-bond donors (Lipinski definition) is 0. The van der Waals surface area contributed by atoms with Crippen LogP contribution in [0.4, 0.5) is 0 Å². The Labute approximate surface area is 97.1 Å². The predicted octanol–water partition coefficient (Wildman–Crippen LogP) is 2.51. The van der Waals surface area contributed by atoms with Gasteiger partial charge in [-0.15, -0.1) is 0 Å². The monoisotopic (exact) mass is 357 g/mol.